The van der Waals surface area contributed by atoms with Gasteiger partial charge in [-0.15, -0.1) is 0 Å². The van der Waals surface area contributed by atoms with Gasteiger partial charge in [0.05, 0.1) is 13.2 Å². The third kappa shape index (κ3) is 5.80. The predicted molar refractivity (Wildman–Crippen MR) is 81.6 cm³/mol. The van der Waals surface area contributed by atoms with Crippen LogP contribution >= 0.6 is 0 Å². The first-order valence-electron chi connectivity index (χ1n) is 7.12. The molecule has 1 N–H and O–H groups in total. The Morgan fingerprint density at radius 1 is 1.15 bits per heavy atom. The number of nitrogens with one attached hydrogen (secondary N) is 1. The molecule has 0 saturated heterocycles. The fraction of sp³-hybridized carbons (Fsp3) is 0.625. The molecule has 0 amide bonds. The molecule has 4 nitrogen and oxygen atoms in total. The van der Waals surface area contributed by atoms with Crippen molar-refractivity contribution in [1.29, 1.82) is 0 Å². The van der Waals surface area contributed by atoms with Gasteiger partial charge < -0.3 is 19.5 Å². The molecule has 0 aliphatic carbocycles. The summed E-state index contributed by atoms with van der Waals surface area (Å²) in [4.78, 5) is 0. The van der Waals surface area contributed by atoms with Crippen molar-refractivity contribution in [2.45, 2.75) is 45.9 Å². The highest BCUT2D eigenvalue weighted by Gasteiger charge is 2.10. The molecule has 0 aliphatic rings. The van der Waals surface area contributed by atoms with Crippen LogP contribution in [0.25, 0.3) is 0 Å². The van der Waals surface area contributed by atoms with Crippen molar-refractivity contribution in [1.82, 2.24) is 5.32 Å². The van der Waals surface area contributed by atoms with Gasteiger partial charge in [-0.1, -0.05) is 13.8 Å². The molecular formula is C16H27NO3. The Morgan fingerprint density at radius 3 is 2.50 bits per heavy atom. The average molecular weight is 281 g/mol. The smallest absolute Gasteiger partial charge is 0.124 e. The van der Waals surface area contributed by atoms with Crippen molar-refractivity contribution in [2.24, 2.45) is 0 Å². The summed E-state index contributed by atoms with van der Waals surface area (Å²) < 4.78 is 16.4. The molecule has 0 radical (unpaired) electrons. The van der Waals surface area contributed by atoms with Crippen molar-refractivity contribution in [2.75, 3.05) is 20.8 Å². The van der Waals surface area contributed by atoms with E-state index in [2.05, 4.69) is 26.1 Å². The lowest BCUT2D eigenvalue weighted by Crippen LogP contribution is -2.23. The van der Waals surface area contributed by atoms with Gasteiger partial charge in [0.1, 0.15) is 11.5 Å². The topological polar surface area (TPSA) is 39.7 Å². The van der Waals surface area contributed by atoms with Gasteiger partial charge in [-0.2, -0.15) is 0 Å². The summed E-state index contributed by atoms with van der Waals surface area (Å²) in [6.07, 6.45) is 1.00. The molecule has 0 aromatic heterocycles. The van der Waals surface area contributed by atoms with E-state index in [1.165, 1.54) is 0 Å². The predicted octanol–water partition coefficient (Wildman–Crippen LogP) is 3.00. The zero-order valence-electron chi connectivity index (χ0n) is 13.2. The minimum Gasteiger partial charge on any atom is -0.497 e. The van der Waals surface area contributed by atoms with E-state index in [1.54, 1.807) is 14.2 Å². The van der Waals surface area contributed by atoms with Gasteiger partial charge in [0.25, 0.3) is 0 Å². The van der Waals surface area contributed by atoms with Crippen LogP contribution in [-0.2, 0) is 11.3 Å². The summed E-state index contributed by atoms with van der Waals surface area (Å²) >= 11 is 0. The normalized spacial score (nSPS) is 12.5. The van der Waals surface area contributed by atoms with E-state index in [1.807, 2.05) is 18.2 Å². The summed E-state index contributed by atoms with van der Waals surface area (Å²) in [7, 11) is 3.38. The number of methoxy groups -OCH3 is 2. The van der Waals surface area contributed by atoms with Crippen LogP contribution in [0.3, 0.4) is 0 Å². The average Bonchev–Trinajstić information content (AvgIpc) is 2.43. The Balaban J connectivity index is 2.76. The molecule has 0 bridgehead atoms. The number of ether oxygens (including phenoxy) is 3. The van der Waals surface area contributed by atoms with E-state index in [0.717, 1.165) is 30.0 Å². The lowest BCUT2D eigenvalue weighted by Gasteiger charge is -2.19. The van der Waals surface area contributed by atoms with E-state index in [9.17, 15) is 0 Å². The molecule has 0 aliphatic heterocycles. The third-order valence-corrected chi connectivity index (χ3v) is 3.03. The summed E-state index contributed by atoms with van der Waals surface area (Å²) in [5.41, 5.74) is 1.11. The summed E-state index contributed by atoms with van der Waals surface area (Å²) in [6.45, 7) is 7.78. The van der Waals surface area contributed by atoms with Crippen LogP contribution in [0.15, 0.2) is 18.2 Å². The Labute approximate surface area is 122 Å². The van der Waals surface area contributed by atoms with E-state index < -0.39 is 0 Å². The van der Waals surface area contributed by atoms with Crippen LogP contribution in [0, 0.1) is 0 Å². The molecule has 4 heteroatoms. The number of rotatable bonds is 9. The number of hydrogen-bond acceptors (Lipinski definition) is 4. The van der Waals surface area contributed by atoms with Gasteiger partial charge in [-0.25, -0.2) is 0 Å². The molecule has 1 atom stereocenters. The van der Waals surface area contributed by atoms with Gasteiger partial charge in [0.15, 0.2) is 0 Å². The van der Waals surface area contributed by atoms with Crippen molar-refractivity contribution in [3.05, 3.63) is 23.8 Å². The first kappa shape index (κ1) is 16.8. The zero-order chi connectivity index (χ0) is 15.0. The molecule has 1 aromatic carbocycles. The molecular weight excluding hydrogens is 254 g/mol. The number of benzene rings is 1. The minimum atomic E-state index is 0.126. The van der Waals surface area contributed by atoms with Crippen LogP contribution in [0.1, 0.15) is 32.8 Å². The molecule has 0 spiro atoms. The maximum atomic E-state index is 6.00. The molecule has 0 saturated carbocycles. The largest absolute Gasteiger partial charge is 0.497 e. The number of hydrogen-bond donors (Lipinski definition) is 1. The van der Waals surface area contributed by atoms with E-state index >= 15 is 0 Å². The lowest BCUT2D eigenvalue weighted by molar-refractivity contribution is 0.134. The highest BCUT2D eigenvalue weighted by atomic mass is 16.5. The lowest BCUT2D eigenvalue weighted by atomic mass is 10.1. The molecule has 114 valence electrons. The minimum absolute atomic E-state index is 0.126. The van der Waals surface area contributed by atoms with Crippen molar-refractivity contribution in [3.8, 4) is 11.5 Å². The molecule has 0 fully saturated rings. The molecule has 1 aromatic rings. The Kier molecular flexibility index (Phi) is 7.41. The second-order valence-corrected chi connectivity index (χ2v) is 5.22. The molecule has 1 unspecified atom stereocenters. The van der Waals surface area contributed by atoms with E-state index in [4.69, 9.17) is 14.2 Å². The summed E-state index contributed by atoms with van der Waals surface area (Å²) in [6, 6.07) is 6.35. The second kappa shape index (κ2) is 8.82. The fourth-order valence-electron chi connectivity index (χ4n) is 1.81. The monoisotopic (exact) mass is 281 g/mol. The zero-order valence-corrected chi connectivity index (χ0v) is 13.2. The maximum absolute atomic E-state index is 6.00. The van der Waals surface area contributed by atoms with Crippen molar-refractivity contribution in [3.63, 3.8) is 0 Å². The Morgan fingerprint density at radius 2 is 1.90 bits per heavy atom. The second-order valence-electron chi connectivity index (χ2n) is 5.22. The third-order valence-electron chi connectivity index (χ3n) is 3.03. The highest BCUT2D eigenvalue weighted by molar-refractivity contribution is 5.40. The van der Waals surface area contributed by atoms with Crippen LogP contribution < -0.4 is 14.8 Å². The standard InChI is InChI=1S/C16H27NO3/c1-12(2)17-11-14-10-15(19-5)6-7-16(14)20-13(3)8-9-18-4/h6-7,10,12-13,17H,8-9,11H2,1-5H3. The van der Waals surface area contributed by atoms with Gasteiger partial charge in [0, 0.05) is 38.3 Å². The molecule has 1 rings (SSSR count). The summed E-state index contributed by atoms with van der Waals surface area (Å²) in [5, 5.41) is 3.41. The first-order chi connectivity index (χ1) is 9.56. The van der Waals surface area contributed by atoms with Crippen molar-refractivity contribution >= 4 is 0 Å². The quantitative estimate of drug-likeness (QED) is 0.755. The van der Waals surface area contributed by atoms with E-state index in [0.29, 0.717) is 12.6 Å². The maximum Gasteiger partial charge on any atom is 0.124 e. The van der Waals surface area contributed by atoms with Gasteiger partial charge in [0.2, 0.25) is 0 Å². The first-order valence-corrected chi connectivity index (χ1v) is 7.12. The van der Waals surface area contributed by atoms with Crippen LogP contribution in [-0.4, -0.2) is 33.0 Å². The Bertz CT molecular complexity index is 393. The Hall–Kier alpha value is -1.26. The molecule has 20 heavy (non-hydrogen) atoms. The van der Waals surface area contributed by atoms with Crippen LogP contribution in [0.4, 0.5) is 0 Å². The molecule has 0 heterocycles. The fourth-order valence-corrected chi connectivity index (χ4v) is 1.81. The van der Waals surface area contributed by atoms with Gasteiger partial charge in [-0.05, 0) is 25.1 Å². The highest BCUT2D eigenvalue weighted by Crippen LogP contribution is 2.25. The van der Waals surface area contributed by atoms with E-state index in [-0.39, 0.29) is 6.10 Å². The van der Waals surface area contributed by atoms with Crippen LogP contribution in [0.5, 0.6) is 11.5 Å². The SMILES string of the molecule is COCCC(C)Oc1ccc(OC)cc1CNC(C)C. The van der Waals surface area contributed by atoms with Gasteiger partial charge >= 0.3 is 0 Å². The van der Waals surface area contributed by atoms with Crippen LogP contribution in [0.2, 0.25) is 0 Å². The van der Waals surface area contributed by atoms with Crippen molar-refractivity contribution < 1.29 is 14.2 Å². The van der Waals surface area contributed by atoms with Gasteiger partial charge in [-0.3, -0.25) is 0 Å². The summed E-state index contributed by atoms with van der Waals surface area (Å²) in [5.74, 6) is 1.75.